The van der Waals surface area contributed by atoms with Gasteiger partial charge >= 0.3 is 12.1 Å². The quantitative estimate of drug-likeness (QED) is 0.176. The Kier molecular flexibility index (Phi) is 10.6. The average Bonchev–Trinajstić information content (AvgIpc) is 3.54. The summed E-state index contributed by atoms with van der Waals surface area (Å²) in [6.45, 7) is 1.78. The number of alkyl halides is 3. The van der Waals surface area contributed by atoms with E-state index in [1.54, 1.807) is 59.5 Å². The Morgan fingerprint density at radius 3 is 1.91 bits per heavy atom. The zero-order valence-electron chi connectivity index (χ0n) is 24.2. The predicted octanol–water partition coefficient (Wildman–Crippen LogP) is 4.70. The summed E-state index contributed by atoms with van der Waals surface area (Å²) in [4.78, 5) is 53.5. The Morgan fingerprint density at radius 2 is 1.37 bits per heavy atom. The van der Waals surface area contributed by atoms with Gasteiger partial charge < -0.3 is 19.8 Å². The maximum Gasteiger partial charge on any atom is 0.490 e. The van der Waals surface area contributed by atoms with E-state index < -0.39 is 12.1 Å². The van der Waals surface area contributed by atoms with Gasteiger partial charge in [-0.3, -0.25) is 30.5 Å². The number of amides is 3. The van der Waals surface area contributed by atoms with E-state index in [0.29, 0.717) is 27.4 Å². The molecule has 3 aromatic rings. The monoisotopic (exact) mass is 659 g/mol. The van der Waals surface area contributed by atoms with E-state index >= 15 is 0 Å². The van der Waals surface area contributed by atoms with Crippen LogP contribution in [0, 0.1) is 5.41 Å². The molecule has 3 amide bonds. The van der Waals surface area contributed by atoms with Crippen LogP contribution in [0.5, 0.6) is 0 Å². The van der Waals surface area contributed by atoms with Crippen molar-refractivity contribution in [1.29, 1.82) is 5.41 Å². The van der Waals surface area contributed by atoms with Gasteiger partial charge in [0, 0.05) is 47.0 Å². The van der Waals surface area contributed by atoms with Crippen LogP contribution in [0.1, 0.15) is 50.2 Å². The van der Waals surface area contributed by atoms with Crippen molar-refractivity contribution in [3.63, 3.8) is 0 Å². The minimum absolute atomic E-state index is 0.00579. The summed E-state index contributed by atoms with van der Waals surface area (Å²) in [6, 6.07) is 18.8. The maximum absolute atomic E-state index is 13.6. The molecular formula is C31H29ClF3N5O6. The highest BCUT2D eigenvalue weighted by Gasteiger charge is 2.38. The average molecular weight is 660 g/mol. The third-order valence-corrected chi connectivity index (χ3v) is 7.57. The number of carboxylic acids is 1. The summed E-state index contributed by atoms with van der Waals surface area (Å²) < 4.78 is 31.7. The van der Waals surface area contributed by atoms with Gasteiger partial charge in [0.05, 0.1) is 6.54 Å². The van der Waals surface area contributed by atoms with Crippen LogP contribution in [0.3, 0.4) is 0 Å². The molecule has 3 aromatic carbocycles. The molecule has 2 aliphatic rings. The molecule has 15 heteroatoms. The van der Waals surface area contributed by atoms with Crippen molar-refractivity contribution in [2.24, 2.45) is 0 Å². The molecule has 2 aliphatic heterocycles. The highest BCUT2D eigenvalue weighted by atomic mass is 35.5. The van der Waals surface area contributed by atoms with E-state index in [4.69, 9.17) is 26.9 Å². The highest BCUT2D eigenvalue weighted by molar-refractivity contribution is 6.30. The summed E-state index contributed by atoms with van der Waals surface area (Å²) in [7, 11) is 0. The maximum atomic E-state index is 13.6. The number of aliphatic carboxylic acids is 1. The van der Waals surface area contributed by atoms with E-state index in [-0.39, 0.29) is 43.2 Å². The van der Waals surface area contributed by atoms with Gasteiger partial charge in [0.2, 0.25) is 5.91 Å². The van der Waals surface area contributed by atoms with Crippen LogP contribution in [0.4, 0.5) is 18.9 Å². The number of hydrogen-bond acceptors (Lipinski definition) is 6. The zero-order valence-corrected chi connectivity index (χ0v) is 24.9. The largest absolute Gasteiger partial charge is 0.490 e. The van der Waals surface area contributed by atoms with E-state index in [2.05, 4.69) is 0 Å². The fraction of sp³-hybridized carbons (Fsp3) is 0.258. The van der Waals surface area contributed by atoms with Crippen molar-refractivity contribution in [2.75, 3.05) is 24.5 Å². The van der Waals surface area contributed by atoms with Crippen molar-refractivity contribution in [3.8, 4) is 0 Å². The van der Waals surface area contributed by atoms with E-state index in [0.717, 1.165) is 37.1 Å². The number of amidine groups is 1. The van der Waals surface area contributed by atoms with Crippen LogP contribution in [0.25, 0.3) is 0 Å². The Bertz CT molecular complexity index is 1630. The summed E-state index contributed by atoms with van der Waals surface area (Å²) in [5.41, 5.74) is 5.33. The number of carbonyl (C=O) groups is 4. The molecular weight excluding hydrogens is 631 g/mol. The van der Waals surface area contributed by atoms with Crippen molar-refractivity contribution in [1.82, 2.24) is 15.3 Å². The van der Waals surface area contributed by atoms with Crippen LogP contribution in [0.15, 0.2) is 66.7 Å². The van der Waals surface area contributed by atoms with Crippen molar-refractivity contribution in [2.45, 2.75) is 32.1 Å². The number of benzene rings is 3. The fourth-order valence-electron chi connectivity index (χ4n) is 4.94. The van der Waals surface area contributed by atoms with Crippen LogP contribution in [-0.4, -0.2) is 75.5 Å². The van der Waals surface area contributed by atoms with Gasteiger partial charge in [0.15, 0.2) is 0 Å². The number of likely N-dealkylation sites (tertiary alicyclic amines) is 1. The normalized spacial score (nSPS) is 14.5. The third-order valence-electron chi connectivity index (χ3n) is 7.32. The van der Waals surface area contributed by atoms with E-state index in [1.807, 2.05) is 22.5 Å². The van der Waals surface area contributed by atoms with Crippen LogP contribution in [0.2, 0.25) is 5.02 Å². The topological polar surface area (TPSA) is 154 Å². The summed E-state index contributed by atoms with van der Waals surface area (Å²) >= 11 is 5.98. The molecule has 5 rings (SSSR count). The van der Waals surface area contributed by atoms with Crippen LogP contribution >= 0.6 is 11.6 Å². The highest BCUT2D eigenvalue weighted by Crippen LogP contribution is 2.30. The number of nitrogens with zero attached hydrogens (tertiary/aromatic N) is 3. The van der Waals surface area contributed by atoms with Crippen molar-refractivity contribution in [3.05, 3.63) is 99.6 Å². The van der Waals surface area contributed by atoms with Gasteiger partial charge in [0.25, 0.3) is 11.8 Å². The lowest BCUT2D eigenvalue weighted by Crippen LogP contribution is -2.39. The Hall–Kier alpha value is -4.95. The molecule has 0 bridgehead atoms. The summed E-state index contributed by atoms with van der Waals surface area (Å²) in [5, 5.41) is 24.9. The van der Waals surface area contributed by atoms with Crippen molar-refractivity contribution < 1.29 is 42.7 Å². The number of anilines is 1. The lowest BCUT2D eigenvalue weighted by Gasteiger charge is -2.24. The SMILES string of the molecule is N=C(NO)c1ccc2c(c1)N(Cc1ccc(C(=O)N3CCCC3)cc1)C(=O)CN(C(=O)c1ccc(Cl)cc1)C2.O=C(O)C(F)(F)F. The van der Waals surface area contributed by atoms with Crippen molar-refractivity contribution >= 4 is 46.8 Å². The minimum atomic E-state index is -5.08. The Balaban J connectivity index is 0.000000617. The van der Waals surface area contributed by atoms with Gasteiger partial charge in [-0.1, -0.05) is 35.9 Å². The van der Waals surface area contributed by atoms with Gasteiger partial charge in [-0.2, -0.15) is 13.2 Å². The molecule has 2 heterocycles. The van der Waals surface area contributed by atoms with Crippen LogP contribution < -0.4 is 10.4 Å². The number of fused-ring (bicyclic) bond motifs is 1. The molecule has 0 aliphatic carbocycles. The molecule has 0 unspecified atom stereocenters. The molecule has 0 atom stereocenters. The lowest BCUT2D eigenvalue weighted by molar-refractivity contribution is -0.192. The first kappa shape index (κ1) is 33.9. The summed E-state index contributed by atoms with van der Waals surface area (Å²) in [5.74, 6) is -3.56. The predicted molar refractivity (Wildman–Crippen MR) is 161 cm³/mol. The van der Waals surface area contributed by atoms with Gasteiger partial charge in [-0.25, -0.2) is 4.79 Å². The van der Waals surface area contributed by atoms with Gasteiger partial charge in [-0.15, -0.1) is 0 Å². The molecule has 0 saturated carbocycles. The van der Waals surface area contributed by atoms with E-state index in [9.17, 15) is 32.8 Å². The number of hydroxylamine groups is 1. The molecule has 0 spiro atoms. The Labute approximate surface area is 266 Å². The first-order chi connectivity index (χ1) is 21.8. The molecule has 1 saturated heterocycles. The first-order valence-electron chi connectivity index (χ1n) is 13.9. The number of nitrogens with one attached hydrogen (secondary N) is 2. The Morgan fingerprint density at radius 1 is 0.848 bits per heavy atom. The summed E-state index contributed by atoms with van der Waals surface area (Å²) in [6.07, 6.45) is -3.05. The lowest BCUT2D eigenvalue weighted by atomic mass is 10.1. The zero-order chi connectivity index (χ0) is 33.6. The number of carbonyl (C=O) groups excluding carboxylic acids is 3. The number of halogens is 4. The number of hydrogen-bond donors (Lipinski definition) is 4. The van der Waals surface area contributed by atoms with Crippen LogP contribution in [-0.2, 0) is 22.7 Å². The first-order valence-corrected chi connectivity index (χ1v) is 14.3. The molecule has 4 N–H and O–H groups in total. The van der Waals surface area contributed by atoms with Gasteiger partial charge in [-0.05, 0) is 66.4 Å². The minimum Gasteiger partial charge on any atom is -0.475 e. The second-order valence-corrected chi connectivity index (χ2v) is 10.9. The van der Waals surface area contributed by atoms with Gasteiger partial charge in [0.1, 0.15) is 12.4 Å². The molecule has 242 valence electrons. The molecule has 11 nitrogen and oxygen atoms in total. The third kappa shape index (κ3) is 8.20. The number of carboxylic acid groups (broad SMARTS) is 1. The fourth-order valence-corrected chi connectivity index (χ4v) is 5.07. The second-order valence-electron chi connectivity index (χ2n) is 10.5. The molecule has 0 aromatic heterocycles. The molecule has 0 radical (unpaired) electrons. The standard InChI is InChI=1S/C29H28ClN5O4.C2HF3O2/c30-24-11-9-21(10-12-24)29(38)34-17-23-8-7-22(27(31)32-39)15-25(23)35(26(36)18-34)16-19-3-5-20(6-4-19)28(37)33-13-1-2-14-33;3-2(4,5)1(6)7/h3-12,15,39H,1-2,13-14,16-18H2,(H2,31,32);(H,6,7). The smallest absolute Gasteiger partial charge is 0.475 e. The molecule has 1 fully saturated rings. The second kappa shape index (κ2) is 14.4. The number of rotatable bonds is 5. The van der Waals surface area contributed by atoms with E-state index in [1.165, 1.54) is 4.90 Å². The molecule has 46 heavy (non-hydrogen) atoms.